The summed E-state index contributed by atoms with van der Waals surface area (Å²) in [5, 5.41) is 27.4. The predicted octanol–water partition coefficient (Wildman–Crippen LogP) is 7.59. The SMILES string of the molecule is CC.CCCSc1nc(NCCN)c(N)c(N(N)Cc2ccc(C#CCNC(=O)C3CCN(CCNC(=O)c4ccc(-c5csc(-n6[nH]c(-c7ccccc7)c(N=Nc7nccs7)c6=O)n5)cc4)CC3)cc2)n1. The maximum atomic E-state index is 13.6. The van der Waals surface area contributed by atoms with Gasteiger partial charge in [0.05, 0.1) is 24.5 Å². The molecule has 0 atom stereocenters. The van der Waals surface area contributed by atoms with Crippen molar-refractivity contribution in [1.82, 2.24) is 45.2 Å². The normalized spacial score (nSPS) is 12.7. The number of nitrogens with zero attached hydrogens (tertiary/aromatic N) is 9. The van der Waals surface area contributed by atoms with Gasteiger partial charge in [0.15, 0.2) is 22.5 Å². The Morgan fingerprint density at radius 2 is 1.71 bits per heavy atom. The molecule has 0 bridgehead atoms. The summed E-state index contributed by atoms with van der Waals surface area (Å²) in [6.07, 6.45) is 4.06. The third-order valence-corrected chi connectivity index (χ3v) is 13.9. The summed E-state index contributed by atoms with van der Waals surface area (Å²) < 4.78 is 1.37. The number of benzene rings is 3. The van der Waals surface area contributed by atoms with Gasteiger partial charge in [-0.2, -0.15) is 4.68 Å². The van der Waals surface area contributed by atoms with E-state index in [4.69, 9.17) is 22.3 Å². The average Bonchev–Trinajstić information content (AvgIpc) is 4.21. The minimum absolute atomic E-state index is 0.000170. The number of hydrazine groups is 1. The molecule has 3 aromatic carbocycles. The van der Waals surface area contributed by atoms with E-state index in [0.717, 1.165) is 60.4 Å². The second-order valence-electron chi connectivity index (χ2n) is 16.3. The molecule has 73 heavy (non-hydrogen) atoms. The van der Waals surface area contributed by atoms with Crippen molar-refractivity contribution in [3.05, 3.63) is 123 Å². The summed E-state index contributed by atoms with van der Waals surface area (Å²) in [5.74, 6) is 14.2. The molecule has 5 heterocycles. The van der Waals surface area contributed by atoms with E-state index in [-0.39, 0.29) is 30.0 Å². The Balaban J connectivity index is 0.00000385. The topological polar surface area (TPSA) is 269 Å². The van der Waals surface area contributed by atoms with Crippen LogP contribution in [0, 0.1) is 17.8 Å². The number of thiazole rings is 2. The molecule has 7 aromatic rings. The molecule has 380 valence electrons. The van der Waals surface area contributed by atoms with Gasteiger partial charge in [-0.25, -0.2) is 25.8 Å². The number of H-pyrrole nitrogens is 1. The van der Waals surface area contributed by atoms with Gasteiger partial charge in [0, 0.05) is 77.1 Å². The standard InChI is InChI=1S/C49H54N16O3S3.C2H6/c1-2-28-69-48-58-42(53-22-20-50)39(51)43(59-48)64(52)30-33-12-10-32(11-13-33)7-6-21-54-45(67)37-18-25-63(26-19-37)27-23-55-44(66)36-16-14-34(15-17-36)38-31-71-49(57-38)65-46(68)41(60-61-47-56-24-29-70-47)40(62-65)35-8-4-3-5-9-35;1-2/h3-5,8-17,24,29,31,37,62H,2,18-23,25-28,30,50-52H2,1H3,(H,54,67)(H,55,66)(H,53,58,59);1-2H3. The Hall–Kier alpha value is -7.26. The van der Waals surface area contributed by atoms with Crippen molar-refractivity contribution < 1.29 is 9.59 Å². The Morgan fingerprint density at radius 1 is 0.945 bits per heavy atom. The number of likely N-dealkylation sites (tertiary alicyclic amines) is 1. The first-order chi connectivity index (χ1) is 35.7. The van der Waals surface area contributed by atoms with Crippen molar-refractivity contribution in [2.24, 2.45) is 27.7 Å². The fourth-order valence-corrected chi connectivity index (χ4v) is 9.52. The lowest BCUT2D eigenvalue weighted by Gasteiger charge is -2.31. The largest absolute Gasteiger partial charge is 0.393 e. The number of aromatic nitrogens is 6. The maximum absolute atomic E-state index is 13.6. The van der Waals surface area contributed by atoms with Crippen LogP contribution in [0.1, 0.15) is 61.5 Å². The average molecular weight is 1040 g/mol. The second kappa shape index (κ2) is 27.0. The molecular weight excluding hydrogens is 981 g/mol. The number of nitrogen functional groups attached to an aromatic ring is 1. The number of azo groups is 1. The fraction of sp³-hybridized carbons (Fsp3) is 0.314. The highest BCUT2D eigenvalue weighted by atomic mass is 32.2. The van der Waals surface area contributed by atoms with Crippen LogP contribution in [0.25, 0.3) is 27.6 Å². The van der Waals surface area contributed by atoms with Crippen LogP contribution in [0.3, 0.4) is 0 Å². The van der Waals surface area contributed by atoms with E-state index in [1.54, 1.807) is 35.5 Å². The van der Waals surface area contributed by atoms with Gasteiger partial charge >= 0.3 is 5.56 Å². The van der Waals surface area contributed by atoms with Gasteiger partial charge in [0.1, 0.15) is 5.69 Å². The maximum Gasteiger partial charge on any atom is 0.301 e. The summed E-state index contributed by atoms with van der Waals surface area (Å²) in [5.41, 5.74) is 17.2. The van der Waals surface area contributed by atoms with Crippen LogP contribution < -0.4 is 43.8 Å². The van der Waals surface area contributed by atoms with E-state index in [1.165, 1.54) is 32.4 Å². The number of aromatic amines is 1. The van der Waals surface area contributed by atoms with E-state index in [2.05, 4.69) is 69.9 Å². The minimum atomic E-state index is -0.392. The predicted molar refractivity (Wildman–Crippen MR) is 294 cm³/mol. The lowest BCUT2D eigenvalue weighted by Crippen LogP contribution is -2.43. The quantitative estimate of drug-likeness (QED) is 0.00969. The highest BCUT2D eigenvalue weighted by Gasteiger charge is 2.25. The van der Waals surface area contributed by atoms with E-state index in [9.17, 15) is 14.4 Å². The van der Waals surface area contributed by atoms with Crippen molar-refractivity contribution in [2.45, 2.75) is 51.7 Å². The first-order valence-corrected chi connectivity index (χ1v) is 26.8. The molecule has 22 heteroatoms. The number of hydrogen-bond acceptors (Lipinski definition) is 18. The number of amides is 2. The van der Waals surface area contributed by atoms with Crippen LogP contribution in [-0.4, -0.2) is 98.0 Å². The molecule has 4 aromatic heterocycles. The Bertz CT molecular complexity index is 3030. The molecule has 10 N–H and O–H groups in total. The lowest BCUT2D eigenvalue weighted by molar-refractivity contribution is -0.126. The van der Waals surface area contributed by atoms with E-state index in [0.29, 0.717) is 82.4 Å². The van der Waals surface area contributed by atoms with Crippen molar-refractivity contribution in [1.29, 1.82) is 0 Å². The smallest absolute Gasteiger partial charge is 0.301 e. The first-order valence-electron chi connectivity index (χ1n) is 24.1. The zero-order valence-electron chi connectivity index (χ0n) is 41.0. The number of piperidine rings is 1. The molecule has 1 saturated heterocycles. The summed E-state index contributed by atoms with van der Waals surface area (Å²) in [4.78, 5) is 60.0. The number of rotatable bonds is 20. The van der Waals surface area contributed by atoms with E-state index in [1.807, 2.05) is 86.0 Å². The van der Waals surface area contributed by atoms with Gasteiger partial charge in [-0.1, -0.05) is 99.0 Å². The zero-order valence-corrected chi connectivity index (χ0v) is 43.5. The lowest BCUT2D eigenvalue weighted by atomic mass is 9.96. The number of nitrogens with one attached hydrogen (secondary N) is 4. The Labute approximate surface area is 436 Å². The highest BCUT2D eigenvalue weighted by Crippen LogP contribution is 2.32. The molecule has 0 aliphatic carbocycles. The van der Waals surface area contributed by atoms with Crippen LogP contribution in [0.5, 0.6) is 0 Å². The zero-order chi connectivity index (χ0) is 51.5. The number of hydrogen-bond donors (Lipinski definition) is 7. The summed E-state index contributed by atoms with van der Waals surface area (Å²) >= 11 is 4.17. The monoisotopic (exact) mass is 1040 g/mol. The number of carbonyl (C=O) groups excluding carboxylic acids is 2. The molecule has 0 saturated carbocycles. The molecule has 1 aliphatic rings. The molecule has 8 rings (SSSR count). The third-order valence-electron chi connectivity index (χ3n) is 11.3. The third kappa shape index (κ3) is 14.5. The Kier molecular flexibility index (Phi) is 19.8. The first kappa shape index (κ1) is 53.5. The number of thioether (sulfide) groups is 1. The molecule has 0 radical (unpaired) electrons. The molecule has 2 amide bonds. The van der Waals surface area contributed by atoms with Crippen LogP contribution in [0.4, 0.5) is 28.1 Å². The molecule has 0 unspecified atom stereocenters. The van der Waals surface area contributed by atoms with Gasteiger partial charge in [-0.3, -0.25) is 24.5 Å². The summed E-state index contributed by atoms with van der Waals surface area (Å²) in [6.45, 7) is 10.3. The van der Waals surface area contributed by atoms with Crippen LogP contribution in [0.2, 0.25) is 0 Å². The van der Waals surface area contributed by atoms with Gasteiger partial charge in [-0.05, 0) is 62.2 Å². The van der Waals surface area contributed by atoms with Crippen molar-refractivity contribution in [2.75, 3.05) is 67.6 Å². The minimum Gasteiger partial charge on any atom is -0.393 e. The molecular formula is C51H60N16O3S3. The van der Waals surface area contributed by atoms with Crippen LogP contribution in [-0.2, 0) is 11.3 Å². The van der Waals surface area contributed by atoms with Gasteiger partial charge in [-0.15, -0.1) is 32.9 Å². The summed E-state index contributed by atoms with van der Waals surface area (Å²) in [6, 6.07) is 24.4. The summed E-state index contributed by atoms with van der Waals surface area (Å²) in [7, 11) is 0. The van der Waals surface area contributed by atoms with Crippen LogP contribution >= 0.6 is 34.4 Å². The van der Waals surface area contributed by atoms with Gasteiger partial charge in [0.25, 0.3) is 5.91 Å². The number of anilines is 3. The van der Waals surface area contributed by atoms with E-state index >= 15 is 0 Å². The number of nitrogens with two attached hydrogens (primary N) is 3. The Morgan fingerprint density at radius 3 is 2.42 bits per heavy atom. The molecule has 1 fully saturated rings. The van der Waals surface area contributed by atoms with Gasteiger partial charge < -0.3 is 32.3 Å². The van der Waals surface area contributed by atoms with Crippen molar-refractivity contribution in [3.8, 4) is 39.5 Å². The van der Waals surface area contributed by atoms with Crippen molar-refractivity contribution in [3.63, 3.8) is 0 Å². The molecule has 19 nitrogen and oxygen atoms in total. The van der Waals surface area contributed by atoms with Crippen molar-refractivity contribution >= 4 is 74.4 Å². The molecule has 0 spiro atoms. The highest BCUT2D eigenvalue weighted by molar-refractivity contribution is 7.99. The van der Waals surface area contributed by atoms with Gasteiger partial charge in [0.2, 0.25) is 16.2 Å². The number of carbonyl (C=O) groups is 2. The van der Waals surface area contributed by atoms with Crippen LogP contribution in [0.15, 0.2) is 116 Å². The fourth-order valence-electron chi connectivity index (χ4n) is 7.59. The van der Waals surface area contributed by atoms with E-state index < -0.39 is 5.56 Å². The second-order valence-corrected chi connectivity index (χ2v) is 19.1. The molecule has 1 aliphatic heterocycles.